The Morgan fingerprint density at radius 2 is 1.95 bits per heavy atom. The van der Waals surface area contributed by atoms with Crippen molar-refractivity contribution in [3.05, 3.63) is 36.4 Å². The monoisotopic (exact) mass is 313 g/mol. The van der Waals surface area contributed by atoms with Gasteiger partial charge in [-0.15, -0.1) is 0 Å². The summed E-state index contributed by atoms with van der Waals surface area (Å²) in [6, 6.07) is 10.0. The van der Waals surface area contributed by atoms with Gasteiger partial charge in [0.15, 0.2) is 0 Å². The molecule has 0 unspecified atom stereocenters. The molecule has 106 valence electrons. The number of fused-ring (bicyclic) bond motifs is 1. The van der Waals surface area contributed by atoms with Gasteiger partial charge < -0.3 is 4.18 Å². The molecule has 0 N–H and O–H groups in total. The van der Waals surface area contributed by atoms with Crippen molar-refractivity contribution in [3.8, 4) is 5.75 Å². The number of hydrogen-bond donors (Lipinski definition) is 0. The summed E-state index contributed by atoms with van der Waals surface area (Å²) in [4.78, 5) is 11.4. The zero-order valence-electron chi connectivity index (χ0n) is 10.8. The second-order valence-electron chi connectivity index (χ2n) is 4.25. The van der Waals surface area contributed by atoms with Gasteiger partial charge in [0.1, 0.15) is 5.75 Å². The normalized spacial score (nSPS) is 11.3. The summed E-state index contributed by atoms with van der Waals surface area (Å²) < 4.78 is 28.1. The van der Waals surface area contributed by atoms with Gasteiger partial charge >= 0.3 is 10.1 Å². The van der Waals surface area contributed by atoms with Crippen LogP contribution in [0, 0.1) is 0 Å². The molecule has 2 aromatic carbocycles. The molecule has 1 amide bonds. The van der Waals surface area contributed by atoms with Crippen molar-refractivity contribution in [3.63, 3.8) is 0 Å². The number of rotatable bonds is 3. The van der Waals surface area contributed by atoms with Gasteiger partial charge in [0.2, 0.25) is 5.91 Å². The quantitative estimate of drug-likeness (QED) is 0.645. The van der Waals surface area contributed by atoms with E-state index in [0.29, 0.717) is 11.1 Å². The van der Waals surface area contributed by atoms with Crippen molar-refractivity contribution >= 4 is 44.3 Å². The Kier molecular flexibility index (Phi) is 3.87. The molecule has 0 bridgehead atoms. The summed E-state index contributed by atoms with van der Waals surface area (Å²) in [5.41, 5.74) is 0.468. The number of nitrogens with zero attached hydrogens (tertiary/aromatic N) is 1. The van der Waals surface area contributed by atoms with Gasteiger partial charge in [-0.2, -0.15) is 8.42 Å². The van der Waals surface area contributed by atoms with Gasteiger partial charge in [0, 0.05) is 24.1 Å². The molecular weight excluding hydrogens is 302 g/mol. The van der Waals surface area contributed by atoms with Gasteiger partial charge in [0.05, 0.1) is 11.9 Å². The number of benzene rings is 2. The van der Waals surface area contributed by atoms with E-state index in [1.165, 1.54) is 13.0 Å². The van der Waals surface area contributed by atoms with E-state index in [1.807, 2.05) is 6.07 Å². The topological polar surface area (TPSA) is 63.7 Å². The highest BCUT2D eigenvalue weighted by Gasteiger charge is 2.13. The molecule has 0 aliphatic heterocycles. The molecule has 7 heteroatoms. The first-order valence-corrected chi connectivity index (χ1v) is 7.82. The number of hydrogen-bond acceptors (Lipinski definition) is 4. The fourth-order valence-corrected chi connectivity index (χ4v) is 2.40. The van der Waals surface area contributed by atoms with E-state index in [1.54, 1.807) is 24.3 Å². The molecule has 5 nitrogen and oxygen atoms in total. The fraction of sp³-hybridized carbons (Fsp3) is 0.154. The van der Waals surface area contributed by atoms with Crippen molar-refractivity contribution in [2.75, 3.05) is 10.7 Å². The zero-order chi connectivity index (χ0) is 14.9. The predicted octanol–water partition coefficient (Wildman–Crippen LogP) is 2.68. The summed E-state index contributed by atoms with van der Waals surface area (Å²) in [7, 11) is -3.61. The lowest BCUT2D eigenvalue weighted by Gasteiger charge is -2.14. The fourth-order valence-electron chi connectivity index (χ4n) is 1.80. The first kappa shape index (κ1) is 14.6. The van der Waals surface area contributed by atoms with Crippen molar-refractivity contribution in [2.45, 2.75) is 6.92 Å². The summed E-state index contributed by atoms with van der Waals surface area (Å²) >= 11 is 5.93. The van der Waals surface area contributed by atoms with Crippen LogP contribution < -0.4 is 8.60 Å². The van der Waals surface area contributed by atoms with Crippen LogP contribution in [0.15, 0.2) is 36.4 Å². The van der Waals surface area contributed by atoms with Crippen molar-refractivity contribution in [1.29, 1.82) is 0 Å². The molecule has 0 atom stereocenters. The van der Waals surface area contributed by atoms with Crippen LogP contribution in [0.25, 0.3) is 10.8 Å². The minimum atomic E-state index is -3.61. The summed E-state index contributed by atoms with van der Waals surface area (Å²) in [6.07, 6.45) is 0.965. The molecule has 0 saturated heterocycles. The standard InChI is InChI=1S/C13H12ClNO4S/c1-9(16)15(14)13-5-3-4-10-6-7-11(8-12(10)13)19-20(2,17)18/h3-8H,1-2H3. The first-order chi connectivity index (χ1) is 9.28. The number of carbonyl (C=O) groups is 1. The molecule has 0 aromatic heterocycles. The average Bonchev–Trinajstić information content (AvgIpc) is 2.35. The van der Waals surface area contributed by atoms with Crippen LogP contribution in [0.3, 0.4) is 0 Å². The zero-order valence-corrected chi connectivity index (χ0v) is 12.4. The van der Waals surface area contributed by atoms with Crippen LogP contribution in [-0.4, -0.2) is 20.6 Å². The third-order valence-electron chi connectivity index (χ3n) is 2.57. The summed E-state index contributed by atoms with van der Waals surface area (Å²) in [5.74, 6) is -0.172. The number of halogens is 1. The molecule has 0 radical (unpaired) electrons. The van der Waals surface area contributed by atoms with Gasteiger partial charge in [-0.25, -0.2) is 4.42 Å². The first-order valence-electron chi connectivity index (χ1n) is 5.66. The third kappa shape index (κ3) is 3.20. The predicted molar refractivity (Wildman–Crippen MR) is 78.4 cm³/mol. The van der Waals surface area contributed by atoms with E-state index < -0.39 is 10.1 Å². The Labute approximate surface area is 121 Å². The maximum atomic E-state index is 11.4. The minimum Gasteiger partial charge on any atom is -0.383 e. The maximum Gasteiger partial charge on any atom is 0.306 e. The minimum absolute atomic E-state index is 0.168. The molecule has 0 aliphatic rings. The number of amides is 1. The van der Waals surface area contributed by atoms with Crippen LogP contribution in [-0.2, 0) is 14.9 Å². The second-order valence-corrected chi connectivity index (χ2v) is 6.16. The van der Waals surface area contributed by atoms with E-state index >= 15 is 0 Å². The third-order valence-corrected chi connectivity index (χ3v) is 3.48. The Morgan fingerprint density at radius 1 is 1.25 bits per heavy atom. The smallest absolute Gasteiger partial charge is 0.306 e. The number of anilines is 1. The Morgan fingerprint density at radius 3 is 2.55 bits per heavy atom. The van der Waals surface area contributed by atoms with Gasteiger partial charge in [-0.1, -0.05) is 18.2 Å². The molecule has 2 aromatic rings. The summed E-state index contributed by atoms with van der Waals surface area (Å²) in [6.45, 7) is 1.34. The molecule has 20 heavy (non-hydrogen) atoms. The van der Waals surface area contributed by atoms with Gasteiger partial charge in [0.25, 0.3) is 0 Å². The van der Waals surface area contributed by atoms with E-state index in [-0.39, 0.29) is 11.7 Å². The van der Waals surface area contributed by atoms with E-state index in [4.69, 9.17) is 16.0 Å². The van der Waals surface area contributed by atoms with Gasteiger partial charge in [-0.05, 0) is 23.6 Å². The average molecular weight is 314 g/mol. The van der Waals surface area contributed by atoms with Crippen LogP contribution in [0.1, 0.15) is 6.92 Å². The van der Waals surface area contributed by atoms with Crippen molar-refractivity contribution < 1.29 is 17.4 Å². The van der Waals surface area contributed by atoms with Crippen LogP contribution in [0.5, 0.6) is 5.75 Å². The molecule has 0 heterocycles. The lowest BCUT2D eigenvalue weighted by atomic mass is 10.1. The van der Waals surface area contributed by atoms with Crippen molar-refractivity contribution in [1.82, 2.24) is 0 Å². The van der Waals surface area contributed by atoms with Crippen LogP contribution >= 0.6 is 11.8 Å². The molecule has 0 spiro atoms. The lowest BCUT2D eigenvalue weighted by Crippen LogP contribution is -2.16. The Balaban J connectivity index is 2.60. The van der Waals surface area contributed by atoms with Crippen LogP contribution in [0.2, 0.25) is 0 Å². The molecular formula is C13H12ClNO4S. The Hall–Kier alpha value is -1.79. The number of carbonyl (C=O) groups excluding carboxylic acids is 1. The highest BCUT2D eigenvalue weighted by atomic mass is 35.5. The van der Waals surface area contributed by atoms with Crippen molar-refractivity contribution in [2.24, 2.45) is 0 Å². The summed E-state index contributed by atoms with van der Waals surface area (Å²) in [5, 5.41) is 1.44. The van der Waals surface area contributed by atoms with Gasteiger partial charge in [-0.3, -0.25) is 4.79 Å². The highest BCUT2D eigenvalue weighted by molar-refractivity contribution is 7.86. The van der Waals surface area contributed by atoms with E-state index in [2.05, 4.69) is 0 Å². The molecule has 0 saturated carbocycles. The van der Waals surface area contributed by atoms with E-state index in [9.17, 15) is 13.2 Å². The largest absolute Gasteiger partial charge is 0.383 e. The molecule has 0 aliphatic carbocycles. The van der Waals surface area contributed by atoms with E-state index in [0.717, 1.165) is 16.1 Å². The molecule has 2 rings (SSSR count). The second kappa shape index (κ2) is 5.30. The Bertz CT molecular complexity index is 773. The SMILES string of the molecule is CC(=O)N(Cl)c1cccc2ccc(OS(C)(=O)=O)cc12. The molecule has 0 fully saturated rings. The highest BCUT2D eigenvalue weighted by Crippen LogP contribution is 2.31. The maximum absolute atomic E-state index is 11.4. The van der Waals surface area contributed by atoms with Crippen LogP contribution in [0.4, 0.5) is 5.69 Å². The lowest BCUT2D eigenvalue weighted by molar-refractivity contribution is -0.115.